The van der Waals surface area contributed by atoms with Crippen LogP contribution in [0.5, 0.6) is 23.0 Å². The molecule has 0 spiro atoms. The fourth-order valence-corrected chi connectivity index (χ4v) is 12.0. The van der Waals surface area contributed by atoms with Crippen LogP contribution in [0.2, 0.25) is 0 Å². The molecule has 6 aromatic carbocycles. The lowest BCUT2D eigenvalue weighted by Gasteiger charge is -2.37. The smallest absolute Gasteiger partial charge is 0.140 e. The zero-order valence-electron chi connectivity index (χ0n) is 21.7. The van der Waals surface area contributed by atoms with Gasteiger partial charge in [-0.15, -0.1) is 11.3 Å². The normalized spacial score (nSPS) is 16.4. The number of hydrogen-bond acceptors (Lipinski definition) is 4. The first-order valence-corrected chi connectivity index (χ1v) is 17.1. The van der Waals surface area contributed by atoms with Crippen molar-refractivity contribution in [2.45, 2.75) is 0 Å². The maximum atomic E-state index is 6.63. The summed E-state index contributed by atoms with van der Waals surface area (Å²) in [5, 5.41) is 5.82. The van der Waals surface area contributed by atoms with Gasteiger partial charge in [0.05, 0.1) is 11.3 Å². The van der Waals surface area contributed by atoms with Gasteiger partial charge in [0.25, 0.3) is 0 Å². The van der Waals surface area contributed by atoms with Gasteiger partial charge in [-0.25, -0.2) is 0 Å². The van der Waals surface area contributed by atoms with Crippen molar-refractivity contribution in [3.8, 4) is 45.3 Å². The van der Waals surface area contributed by atoms with E-state index >= 15 is 0 Å². The van der Waals surface area contributed by atoms with Gasteiger partial charge in [-0.3, -0.25) is 0 Å². The molecule has 0 radical (unpaired) electrons. The van der Waals surface area contributed by atoms with E-state index in [1.165, 1.54) is 31.3 Å². The molecule has 0 saturated carbocycles. The predicted molar refractivity (Wildman–Crippen MR) is 176 cm³/mol. The van der Waals surface area contributed by atoms with E-state index in [1.54, 1.807) is 0 Å². The number of hydrogen-bond donors (Lipinski definition) is 0. The molecule has 0 bridgehead atoms. The van der Waals surface area contributed by atoms with E-state index in [1.807, 2.05) is 41.7 Å². The molecular weight excluding hydrogens is 560 g/mol. The number of thiophene rings is 1. The molecule has 3 heterocycles. The Morgan fingerprint density at radius 1 is 0.512 bits per heavy atom. The quantitative estimate of drug-likeness (QED) is 0.190. The minimum atomic E-state index is -2.34. The Bertz CT molecular complexity index is 2260. The number of ether oxygens (including phenoxy) is 2. The monoisotopic (exact) mass is 580 g/mol. The van der Waals surface area contributed by atoms with Crippen molar-refractivity contribution in [2.24, 2.45) is 0 Å². The predicted octanol–water partition coefficient (Wildman–Crippen LogP) is 9.36. The second kappa shape index (κ2) is 8.64. The second-order valence-electron chi connectivity index (χ2n) is 10.4. The summed E-state index contributed by atoms with van der Waals surface area (Å²) in [6.07, 6.45) is 0. The topological polar surface area (TPSA) is 18.5 Å². The Labute approximate surface area is 246 Å². The van der Waals surface area contributed by atoms with Gasteiger partial charge in [-0.2, -0.15) is 0 Å². The van der Waals surface area contributed by atoms with E-state index in [2.05, 4.69) is 97.1 Å². The van der Waals surface area contributed by atoms with Crippen LogP contribution in [0.3, 0.4) is 0 Å². The lowest BCUT2D eigenvalue weighted by atomic mass is 9.98. The Morgan fingerprint density at radius 3 is 2.10 bits per heavy atom. The number of benzene rings is 6. The summed E-state index contributed by atoms with van der Waals surface area (Å²) in [5.74, 6) is 3.29. The third-order valence-electron chi connectivity index (χ3n) is 8.13. The molecule has 0 N–H and O–H groups in total. The molecule has 1 unspecified atom stereocenters. The maximum absolute atomic E-state index is 6.63. The van der Waals surface area contributed by atoms with Crippen LogP contribution in [0.4, 0.5) is 0 Å². The summed E-state index contributed by atoms with van der Waals surface area (Å²) in [5.41, 5.74) is 4.72. The molecule has 41 heavy (non-hydrogen) atoms. The molecule has 7 aromatic rings. The summed E-state index contributed by atoms with van der Waals surface area (Å²) in [4.78, 5) is 0. The summed E-state index contributed by atoms with van der Waals surface area (Å²) < 4.78 is 15.5. The third kappa shape index (κ3) is 3.33. The van der Waals surface area contributed by atoms with Gasteiger partial charge in [-0.05, 0) is 70.8 Å². The maximum Gasteiger partial charge on any atom is 0.140 e. The van der Waals surface area contributed by atoms with Gasteiger partial charge in [0, 0.05) is 30.8 Å². The van der Waals surface area contributed by atoms with Gasteiger partial charge in [0.15, 0.2) is 0 Å². The fourth-order valence-electron chi connectivity index (χ4n) is 6.26. The van der Waals surface area contributed by atoms with Crippen molar-refractivity contribution in [1.82, 2.24) is 0 Å². The third-order valence-corrected chi connectivity index (χ3v) is 14.2. The Balaban J connectivity index is 1.19. The standard InChI is InChI=1S/C36H21O2PS2/c40-39-32-16-3-2-13-28(32)37-29-14-7-15-30(35(29)39)38-31-21-23(18-19-33(31)39)22-8-5-9-24(20-22)25-11-6-12-27-26-10-1-4-17-34(26)41-36(25)27/h1-21H. The Morgan fingerprint density at radius 2 is 1.17 bits per heavy atom. The molecule has 1 atom stereocenters. The molecule has 2 aliphatic rings. The van der Waals surface area contributed by atoms with E-state index in [9.17, 15) is 0 Å². The minimum Gasteiger partial charge on any atom is -0.456 e. The molecular formula is C36H21O2PS2. The van der Waals surface area contributed by atoms with Gasteiger partial charge in [0.2, 0.25) is 0 Å². The Kier molecular flexibility index (Phi) is 4.95. The molecule has 9 rings (SSSR count). The van der Waals surface area contributed by atoms with Gasteiger partial charge >= 0.3 is 0 Å². The van der Waals surface area contributed by atoms with Crippen molar-refractivity contribution in [3.05, 3.63) is 127 Å². The van der Waals surface area contributed by atoms with Gasteiger partial charge in [-0.1, -0.05) is 90.7 Å². The lowest BCUT2D eigenvalue weighted by Crippen LogP contribution is -2.34. The summed E-state index contributed by atoms with van der Waals surface area (Å²) in [7, 11) is 0. The average molecular weight is 581 g/mol. The van der Waals surface area contributed by atoms with Crippen LogP contribution in [0.15, 0.2) is 127 Å². The van der Waals surface area contributed by atoms with Crippen molar-refractivity contribution < 1.29 is 9.47 Å². The minimum absolute atomic E-state index is 0.801. The van der Waals surface area contributed by atoms with Crippen LogP contribution in [0.1, 0.15) is 0 Å². The first kappa shape index (κ1) is 23.5. The largest absolute Gasteiger partial charge is 0.456 e. The van der Waals surface area contributed by atoms with Crippen LogP contribution in [-0.4, -0.2) is 0 Å². The summed E-state index contributed by atoms with van der Waals surface area (Å²) in [6.45, 7) is 0. The molecule has 2 aliphatic heterocycles. The lowest BCUT2D eigenvalue weighted by molar-refractivity contribution is 0.466. The zero-order chi connectivity index (χ0) is 27.1. The molecule has 0 fully saturated rings. The molecule has 0 aliphatic carbocycles. The molecule has 5 heteroatoms. The van der Waals surface area contributed by atoms with E-state index < -0.39 is 6.04 Å². The van der Waals surface area contributed by atoms with Crippen LogP contribution in [-0.2, 0) is 11.8 Å². The molecule has 1 aromatic heterocycles. The van der Waals surface area contributed by atoms with Crippen LogP contribution >= 0.6 is 17.4 Å². The summed E-state index contributed by atoms with van der Waals surface area (Å²) >= 11 is 8.49. The van der Waals surface area contributed by atoms with Crippen LogP contribution in [0.25, 0.3) is 42.4 Å². The Hall–Kier alpha value is -4.21. The number of para-hydroxylation sites is 1. The first-order chi connectivity index (χ1) is 20.2. The van der Waals surface area contributed by atoms with Crippen molar-refractivity contribution >= 4 is 65.3 Å². The average Bonchev–Trinajstić information content (AvgIpc) is 3.40. The summed E-state index contributed by atoms with van der Waals surface area (Å²) in [6, 6.07) is 42.5. The van der Waals surface area contributed by atoms with Crippen molar-refractivity contribution in [1.29, 1.82) is 0 Å². The highest BCUT2D eigenvalue weighted by Crippen LogP contribution is 2.58. The highest BCUT2D eigenvalue weighted by atomic mass is 32.4. The van der Waals surface area contributed by atoms with Crippen LogP contribution in [0, 0.1) is 0 Å². The van der Waals surface area contributed by atoms with Crippen molar-refractivity contribution in [2.75, 3.05) is 0 Å². The number of fused-ring (bicyclic) bond motifs is 7. The fraction of sp³-hybridized carbons (Fsp3) is 0. The molecule has 0 saturated heterocycles. The van der Waals surface area contributed by atoms with E-state index in [-0.39, 0.29) is 0 Å². The van der Waals surface area contributed by atoms with Gasteiger partial charge < -0.3 is 9.47 Å². The van der Waals surface area contributed by atoms with E-state index in [4.69, 9.17) is 21.3 Å². The molecule has 194 valence electrons. The number of rotatable bonds is 2. The SMILES string of the molecule is S=P12c3ccccc3Oc3cccc(c31)Oc1cc(-c3cccc(-c4cccc5c4sc4ccccc45)c3)ccc12. The first-order valence-electron chi connectivity index (χ1n) is 13.5. The van der Waals surface area contributed by atoms with E-state index in [0.717, 1.165) is 50.0 Å². The van der Waals surface area contributed by atoms with Gasteiger partial charge in [0.1, 0.15) is 23.0 Å². The zero-order valence-corrected chi connectivity index (χ0v) is 24.2. The molecule has 0 amide bonds. The molecule has 2 nitrogen and oxygen atoms in total. The highest BCUT2D eigenvalue weighted by Gasteiger charge is 2.42. The van der Waals surface area contributed by atoms with Crippen LogP contribution < -0.4 is 25.4 Å². The van der Waals surface area contributed by atoms with Crippen molar-refractivity contribution in [3.63, 3.8) is 0 Å². The second-order valence-corrected chi connectivity index (χ2v) is 15.8. The van der Waals surface area contributed by atoms with E-state index in [0.29, 0.717) is 0 Å². The highest BCUT2D eigenvalue weighted by molar-refractivity contribution is 8.26.